The number of rotatable bonds is 13. The zero-order valence-electron chi connectivity index (χ0n) is 19.4. The first-order valence-corrected chi connectivity index (χ1v) is 15.5. The van der Waals surface area contributed by atoms with Gasteiger partial charge in [0.1, 0.15) is 24.9 Å². The van der Waals surface area contributed by atoms with Crippen molar-refractivity contribution in [1.82, 2.24) is 14.6 Å². The third-order valence-electron chi connectivity index (χ3n) is 4.77. The van der Waals surface area contributed by atoms with E-state index in [1.54, 1.807) is 0 Å². The highest BCUT2D eigenvalue weighted by Crippen LogP contribution is 2.51. The number of carbonyl (C=O) groups excluding carboxylic acids is 1. The maximum Gasteiger partial charge on any atom is 0.330 e. The summed E-state index contributed by atoms with van der Waals surface area (Å²) in [6, 6.07) is 1.83. The Bertz CT molecular complexity index is 1190. The highest BCUT2D eigenvalue weighted by molar-refractivity contribution is 8.45. The molecule has 1 aromatic heterocycles. The second-order valence-electron chi connectivity index (χ2n) is 7.25. The Hall–Kier alpha value is -1.41. The van der Waals surface area contributed by atoms with Gasteiger partial charge in [0, 0.05) is 18.9 Å². The average molecular weight is 588 g/mol. The van der Waals surface area contributed by atoms with E-state index in [-0.39, 0.29) is 18.6 Å². The van der Waals surface area contributed by atoms with Crippen LogP contribution < -0.4 is 16.3 Å². The molecule has 0 spiro atoms. The highest BCUT2D eigenvalue weighted by Gasteiger charge is 2.50. The van der Waals surface area contributed by atoms with Crippen LogP contribution in [0.15, 0.2) is 15.8 Å². The number of nitrogens with one attached hydrogen (secondary N) is 2. The lowest BCUT2D eigenvalue weighted by atomic mass is 10.1. The van der Waals surface area contributed by atoms with E-state index in [2.05, 4.69) is 27.1 Å². The molecule has 1 saturated heterocycles. The number of hydrogen-bond donors (Lipinski definition) is 4. The Morgan fingerprint density at radius 3 is 2.69 bits per heavy atom. The molecule has 2 heterocycles. The molecule has 2 rings (SSSR count). The van der Waals surface area contributed by atoms with Crippen LogP contribution in [0.25, 0.3) is 0 Å². The molecule has 1 aromatic rings. The van der Waals surface area contributed by atoms with Crippen LogP contribution in [0, 0.1) is 18.3 Å². The Labute approximate surface area is 215 Å². The molecule has 1 aliphatic rings. The monoisotopic (exact) mass is 588 g/mol. The van der Waals surface area contributed by atoms with Crippen LogP contribution in [-0.2, 0) is 48.9 Å². The van der Waals surface area contributed by atoms with Crippen LogP contribution in [-0.4, -0.2) is 72.7 Å². The number of hydrogen-bond acceptors (Lipinski definition) is 12. The predicted molar refractivity (Wildman–Crippen MR) is 131 cm³/mol. The number of ether oxygens (including phenoxy) is 3. The third kappa shape index (κ3) is 8.57. The van der Waals surface area contributed by atoms with Crippen molar-refractivity contribution in [3.8, 4) is 6.07 Å². The van der Waals surface area contributed by atoms with Gasteiger partial charge in [-0.1, -0.05) is 12.2 Å². The predicted octanol–water partition coefficient (Wildman–Crippen LogP) is 0.107. The quantitative estimate of drug-likeness (QED) is 0.105. The SMILES string of the molecule is COC(=O)CNP(=O)(S)OC[C@H]1O[C@@H](n2cc(C)c(=O)[nH]c2=O)C(OC)C1OP(O)(=S)OCCC#N. The van der Waals surface area contributed by atoms with Gasteiger partial charge in [-0.15, -0.1) is 0 Å². The highest BCUT2D eigenvalue weighted by atomic mass is 32.7. The number of aromatic amines is 1. The van der Waals surface area contributed by atoms with Crippen LogP contribution in [0.5, 0.6) is 0 Å². The van der Waals surface area contributed by atoms with Crippen LogP contribution in [0.2, 0.25) is 0 Å². The number of methoxy groups -OCH3 is 2. The number of carbonyl (C=O) groups is 1. The Balaban J connectivity index is 2.33. The summed E-state index contributed by atoms with van der Waals surface area (Å²) in [7, 11) is 2.43. The summed E-state index contributed by atoms with van der Waals surface area (Å²) in [4.78, 5) is 48.2. The summed E-state index contributed by atoms with van der Waals surface area (Å²) in [6.07, 6.45) is -3.50. The topological polar surface area (TPSA) is 200 Å². The van der Waals surface area contributed by atoms with Crippen molar-refractivity contribution in [2.45, 2.75) is 37.9 Å². The number of nitrogens with zero attached hydrogens (tertiary/aromatic N) is 2. The van der Waals surface area contributed by atoms with Crippen LogP contribution in [0.4, 0.5) is 0 Å². The Morgan fingerprint density at radius 2 is 2.08 bits per heavy atom. The Morgan fingerprint density at radius 1 is 1.39 bits per heavy atom. The van der Waals surface area contributed by atoms with Gasteiger partial charge in [-0.3, -0.25) is 28.2 Å². The summed E-state index contributed by atoms with van der Waals surface area (Å²) >= 11 is 8.92. The summed E-state index contributed by atoms with van der Waals surface area (Å²) in [5.74, 6) is -0.714. The first-order valence-electron chi connectivity index (χ1n) is 10.2. The van der Waals surface area contributed by atoms with Gasteiger partial charge in [0.25, 0.3) is 5.56 Å². The minimum absolute atomic E-state index is 0.0624. The van der Waals surface area contributed by atoms with Gasteiger partial charge in [-0.05, 0) is 18.7 Å². The van der Waals surface area contributed by atoms with E-state index >= 15 is 0 Å². The van der Waals surface area contributed by atoms with Gasteiger partial charge in [0.15, 0.2) is 6.23 Å². The Kier molecular flexibility index (Phi) is 11.5. The van der Waals surface area contributed by atoms with E-state index < -0.39 is 68.3 Å². The van der Waals surface area contributed by atoms with Crippen molar-refractivity contribution in [1.29, 1.82) is 5.26 Å². The van der Waals surface area contributed by atoms with E-state index in [0.29, 0.717) is 0 Å². The van der Waals surface area contributed by atoms with E-state index in [4.69, 9.17) is 40.1 Å². The molecule has 0 radical (unpaired) electrons. The maximum atomic E-state index is 12.6. The van der Waals surface area contributed by atoms with Crippen molar-refractivity contribution in [3.63, 3.8) is 0 Å². The average Bonchev–Trinajstić information content (AvgIpc) is 3.14. The normalized spacial score (nSPS) is 25.0. The lowest BCUT2D eigenvalue weighted by molar-refractivity contribution is -0.139. The van der Waals surface area contributed by atoms with E-state index in [9.17, 15) is 23.8 Å². The number of H-pyrrole nitrogens is 1. The lowest BCUT2D eigenvalue weighted by Crippen LogP contribution is -2.40. The molecule has 36 heavy (non-hydrogen) atoms. The second-order valence-corrected chi connectivity index (χ2v) is 13.2. The zero-order valence-corrected chi connectivity index (χ0v) is 22.9. The van der Waals surface area contributed by atoms with Gasteiger partial charge >= 0.3 is 25.1 Å². The molecule has 1 aliphatic heterocycles. The lowest BCUT2D eigenvalue weighted by Gasteiger charge is -2.27. The fourth-order valence-electron chi connectivity index (χ4n) is 3.07. The van der Waals surface area contributed by atoms with Crippen molar-refractivity contribution < 1.29 is 42.0 Å². The molecular weight excluding hydrogens is 562 g/mol. The summed E-state index contributed by atoms with van der Waals surface area (Å²) < 4.78 is 45.5. The molecule has 0 saturated carbocycles. The molecule has 0 bridgehead atoms. The van der Waals surface area contributed by atoms with Crippen molar-refractivity contribution in [3.05, 3.63) is 32.6 Å². The molecule has 6 atom stereocenters. The van der Waals surface area contributed by atoms with Crippen molar-refractivity contribution in [2.24, 2.45) is 0 Å². The van der Waals surface area contributed by atoms with Gasteiger partial charge < -0.3 is 28.2 Å². The smallest absolute Gasteiger partial charge is 0.330 e. The van der Waals surface area contributed by atoms with Gasteiger partial charge in [0.05, 0.1) is 32.8 Å². The first kappa shape index (κ1) is 30.8. The third-order valence-corrected chi connectivity index (χ3v) is 8.19. The van der Waals surface area contributed by atoms with Crippen LogP contribution in [0.3, 0.4) is 0 Å². The molecule has 202 valence electrons. The molecule has 15 nitrogen and oxygen atoms in total. The minimum Gasteiger partial charge on any atom is -0.468 e. The fourth-order valence-corrected chi connectivity index (χ4v) is 5.72. The fraction of sp³-hybridized carbons (Fsp3) is 0.647. The number of aromatic nitrogens is 2. The maximum absolute atomic E-state index is 12.6. The largest absolute Gasteiger partial charge is 0.468 e. The van der Waals surface area contributed by atoms with Gasteiger partial charge in [0.2, 0.25) is 0 Å². The van der Waals surface area contributed by atoms with Crippen LogP contribution >= 0.6 is 25.7 Å². The van der Waals surface area contributed by atoms with Crippen molar-refractivity contribution >= 4 is 43.5 Å². The molecular formula is C17H26N4O11P2S2. The van der Waals surface area contributed by atoms with Crippen molar-refractivity contribution in [2.75, 3.05) is 34.0 Å². The van der Waals surface area contributed by atoms with E-state index in [1.165, 1.54) is 20.2 Å². The summed E-state index contributed by atoms with van der Waals surface area (Å²) in [5.41, 5.74) is -1.21. The summed E-state index contributed by atoms with van der Waals surface area (Å²) in [5, 5.41) is 11.0. The van der Waals surface area contributed by atoms with E-state index in [0.717, 1.165) is 11.7 Å². The first-order chi connectivity index (χ1) is 16.8. The molecule has 3 N–H and O–H groups in total. The molecule has 19 heteroatoms. The molecule has 4 unspecified atom stereocenters. The number of nitriles is 1. The molecule has 1 fully saturated rings. The molecule has 0 aliphatic carbocycles. The van der Waals surface area contributed by atoms with Gasteiger partial charge in [-0.2, -0.15) is 5.26 Å². The van der Waals surface area contributed by atoms with Crippen LogP contribution in [0.1, 0.15) is 18.2 Å². The molecule has 0 aromatic carbocycles. The minimum atomic E-state index is -3.94. The van der Waals surface area contributed by atoms with E-state index in [1.807, 2.05) is 6.07 Å². The second kappa shape index (κ2) is 13.4. The number of aryl methyl sites for hydroxylation is 1. The number of thiol groups is 1. The summed E-state index contributed by atoms with van der Waals surface area (Å²) in [6.45, 7) is -7.47. The zero-order chi connectivity index (χ0) is 27.1. The molecule has 0 amide bonds. The number of esters is 1. The standard InChI is InChI=1S/C17H26N4O11P2S2/c1-10-8-21(17(24)20-15(10)23)16-14(28-3)13(32-34(26,36)29-6-4-5-18)11(31-16)9-30-33(25,35)19-7-12(22)27-2/h8,11,13-14,16H,4,6-7,9H2,1-3H3,(H,26,36)(H2,19,25,35)(H,20,23,24)/t11-,13?,14?,16-,33?,34?/m1/s1. The van der Waals surface area contributed by atoms with Gasteiger partial charge in [-0.25, -0.2) is 9.88 Å².